The Morgan fingerprint density at radius 2 is 1.78 bits per heavy atom. The minimum atomic E-state index is -0.483. The number of carbonyl (C=O) groups excluding carboxylic acids is 1. The summed E-state index contributed by atoms with van der Waals surface area (Å²) in [5.74, 6) is 0.361. The Balaban J connectivity index is 0.000000220. The van der Waals surface area contributed by atoms with Gasteiger partial charge in [0.05, 0.1) is 22.2 Å². The summed E-state index contributed by atoms with van der Waals surface area (Å²) in [5, 5.41) is 10.8. The summed E-state index contributed by atoms with van der Waals surface area (Å²) in [6.07, 6.45) is 4.76. The lowest BCUT2D eigenvalue weighted by molar-refractivity contribution is -0.386. The minimum Gasteiger partial charge on any atom is -0.483 e. The van der Waals surface area contributed by atoms with Crippen molar-refractivity contribution in [3.8, 4) is 5.75 Å². The average molecular weight is 581 g/mol. The number of halogens is 1. The molecule has 11 heteroatoms. The predicted molar refractivity (Wildman–Crippen MR) is 146 cm³/mol. The van der Waals surface area contributed by atoms with E-state index < -0.39 is 17.6 Å². The van der Waals surface area contributed by atoms with E-state index in [1.165, 1.54) is 6.07 Å². The minimum absolute atomic E-state index is 0.0441. The first-order valence-corrected chi connectivity index (χ1v) is 13.4. The molecule has 2 heterocycles. The summed E-state index contributed by atoms with van der Waals surface area (Å²) in [6, 6.07) is 3.20. The van der Waals surface area contributed by atoms with Crippen LogP contribution in [0.4, 0.5) is 10.5 Å². The van der Waals surface area contributed by atoms with Crippen LogP contribution in [0, 0.1) is 17.0 Å². The number of hydrogen-bond donors (Lipinski definition) is 0. The zero-order chi connectivity index (χ0) is 27.8. The highest BCUT2D eigenvalue weighted by molar-refractivity contribution is 9.10. The van der Waals surface area contributed by atoms with Crippen LogP contribution in [-0.4, -0.2) is 59.0 Å². The number of rotatable bonds is 4. The van der Waals surface area contributed by atoms with Crippen LogP contribution in [0.3, 0.4) is 0 Å². The number of carbonyl (C=O) groups is 1. The van der Waals surface area contributed by atoms with Crippen LogP contribution in [0.2, 0.25) is 0 Å². The number of nitro groups is 1. The van der Waals surface area contributed by atoms with Crippen LogP contribution in [0.15, 0.2) is 28.2 Å². The van der Waals surface area contributed by atoms with E-state index in [2.05, 4.69) is 22.0 Å². The highest BCUT2D eigenvalue weighted by Crippen LogP contribution is 2.39. The van der Waals surface area contributed by atoms with Crippen molar-refractivity contribution in [2.45, 2.75) is 97.6 Å². The molecule has 2 fully saturated rings. The molecule has 4 rings (SSSR count). The molecule has 9 nitrogen and oxygen atoms in total. The quantitative estimate of drug-likeness (QED) is 0.231. The lowest BCUT2D eigenvalue weighted by Gasteiger charge is -2.32. The number of ether oxygens (including phenoxy) is 2. The molecule has 2 aliphatic heterocycles. The van der Waals surface area contributed by atoms with Crippen LogP contribution in [0.5, 0.6) is 5.75 Å². The van der Waals surface area contributed by atoms with Crippen LogP contribution >= 0.6 is 15.9 Å². The first kappa shape index (κ1) is 29.5. The smallest absolute Gasteiger partial charge is 0.483 e. The van der Waals surface area contributed by atoms with E-state index in [-0.39, 0.29) is 29.1 Å². The fraction of sp³-hybridized carbons (Fsp3) is 0.654. The predicted octanol–water partition coefficient (Wildman–Crippen LogP) is 6.39. The Morgan fingerprint density at radius 1 is 1.19 bits per heavy atom. The van der Waals surface area contributed by atoms with Crippen molar-refractivity contribution < 1.29 is 28.5 Å². The third-order valence-corrected chi connectivity index (χ3v) is 7.50. The summed E-state index contributed by atoms with van der Waals surface area (Å²) in [5.41, 5.74) is 0.658. The third kappa shape index (κ3) is 7.71. The molecule has 0 unspecified atom stereocenters. The molecule has 1 aliphatic carbocycles. The van der Waals surface area contributed by atoms with Gasteiger partial charge in [-0.3, -0.25) is 10.1 Å². The lowest BCUT2D eigenvalue weighted by atomic mass is 9.76. The Labute approximate surface area is 228 Å². The Kier molecular flexibility index (Phi) is 8.71. The van der Waals surface area contributed by atoms with Gasteiger partial charge in [-0.05, 0) is 85.7 Å². The van der Waals surface area contributed by atoms with E-state index in [1.54, 1.807) is 11.0 Å². The van der Waals surface area contributed by atoms with Crippen molar-refractivity contribution in [2.75, 3.05) is 13.1 Å². The normalized spacial score (nSPS) is 20.5. The van der Waals surface area contributed by atoms with Gasteiger partial charge in [-0.2, -0.15) is 0 Å². The molecule has 0 N–H and O–H groups in total. The lowest BCUT2D eigenvalue weighted by Crippen LogP contribution is -2.42. The van der Waals surface area contributed by atoms with E-state index in [9.17, 15) is 14.9 Å². The fourth-order valence-corrected chi connectivity index (χ4v) is 3.99. The van der Waals surface area contributed by atoms with Gasteiger partial charge in [0.25, 0.3) is 0 Å². The number of hydrogen-bond acceptors (Lipinski definition) is 7. The third-order valence-electron chi connectivity index (χ3n) is 6.64. The van der Waals surface area contributed by atoms with Gasteiger partial charge in [0, 0.05) is 29.7 Å². The van der Waals surface area contributed by atoms with Crippen LogP contribution in [0.1, 0.15) is 73.3 Å². The summed E-state index contributed by atoms with van der Waals surface area (Å²) in [6.45, 7) is 16.7. The maximum atomic E-state index is 12.2. The Bertz CT molecular complexity index is 1050. The van der Waals surface area contributed by atoms with E-state index in [0.717, 1.165) is 34.8 Å². The van der Waals surface area contributed by atoms with Crippen LogP contribution in [0.25, 0.3) is 0 Å². The molecule has 204 valence electrons. The number of aryl methyl sites for hydroxylation is 1. The van der Waals surface area contributed by atoms with Gasteiger partial charge in [-0.15, -0.1) is 0 Å². The molecule has 3 aliphatic rings. The molecule has 0 aromatic heterocycles. The highest BCUT2D eigenvalue weighted by Gasteiger charge is 2.52. The molecule has 1 amide bonds. The zero-order valence-electron chi connectivity index (χ0n) is 23.1. The van der Waals surface area contributed by atoms with Crippen molar-refractivity contribution in [1.29, 1.82) is 0 Å². The van der Waals surface area contributed by atoms with Gasteiger partial charge >= 0.3 is 18.9 Å². The van der Waals surface area contributed by atoms with Gasteiger partial charge in [-0.25, -0.2) is 4.79 Å². The van der Waals surface area contributed by atoms with E-state index >= 15 is 0 Å². The topological polar surface area (TPSA) is 100 Å². The first-order valence-electron chi connectivity index (χ1n) is 12.6. The largest absolute Gasteiger partial charge is 0.492 e. The van der Waals surface area contributed by atoms with Crippen molar-refractivity contribution >= 4 is 34.8 Å². The van der Waals surface area contributed by atoms with Crippen LogP contribution < -0.4 is 4.74 Å². The second kappa shape index (κ2) is 10.9. The Hall–Kier alpha value is -2.11. The molecule has 0 atom stereocenters. The van der Waals surface area contributed by atoms with Crippen molar-refractivity contribution in [2.24, 2.45) is 0 Å². The summed E-state index contributed by atoms with van der Waals surface area (Å²) < 4.78 is 23.9. The summed E-state index contributed by atoms with van der Waals surface area (Å²) >= 11 is 3.34. The van der Waals surface area contributed by atoms with E-state index in [4.69, 9.17) is 18.8 Å². The summed E-state index contributed by atoms with van der Waals surface area (Å²) in [4.78, 5) is 24.3. The molecule has 1 saturated carbocycles. The molecule has 0 spiro atoms. The number of benzene rings is 1. The highest BCUT2D eigenvalue weighted by atomic mass is 79.9. The standard InChI is InChI=1S/C16H28BNO4.C10H10BrNO3/c1-14(2,3)20-13(19)18-10-8-9-12(11-18)17-21-15(4,5)16(6,7)22-17;1-6-4-9(12(13)14)10(5-8(6)11)15-7-2-3-7/h9H,8,10-11H2,1-7H3;4-5,7H,2-3H2,1H3. The molecule has 1 saturated heterocycles. The van der Waals surface area contributed by atoms with Gasteiger partial charge in [0.2, 0.25) is 0 Å². The van der Waals surface area contributed by atoms with Gasteiger partial charge in [0.1, 0.15) is 5.60 Å². The van der Waals surface area contributed by atoms with Crippen molar-refractivity contribution in [3.63, 3.8) is 0 Å². The average Bonchev–Trinajstić information content (AvgIpc) is 3.54. The first-order chi connectivity index (χ1) is 17.0. The SMILES string of the molecule is CC(C)(C)OC(=O)N1CCC=C(B2OC(C)(C)C(C)(C)O2)C1.Cc1cc([N+](=O)[O-])c(OC2CC2)cc1Br. The molecule has 1 aromatic carbocycles. The zero-order valence-corrected chi connectivity index (χ0v) is 24.6. The molecule has 37 heavy (non-hydrogen) atoms. The molecule has 0 bridgehead atoms. The Morgan fingerprint density at radius 3 is 2.30 bits per heavy atom. The number of nitrogens with zero attached hydrogens (tertiary/aromatic N) is 2. The maximum Gasteiger partial charge on any atom is 0.492 e. The monoisotopic (exact) mass is 580 g/mol. The number of amides is 1. The maximum absolute atomic E-state index is 12.2. The van der Waals surface area contributed by atoms with Gasteiger partial charge in [0.15, 0.2) is 5.75 Å². The second-order valence-electron chi connectivity index (χ2n) is 11.7. The van der Waals surface area contributed by atoms with E-state index in [1.807, 2.05) is 55.4 Å². The van der Waals surface area contributed by atoms with E-state index in [0.29, 0.717) is 18.8 Å². The van der Waals surface area contributed by atoms with Crippen molar-refractivity contribution in [3.05, 3.63) is 43.8 Å². The second-order valence-corrected chi connectivity index (χ2v) is 12.6. The molecular formula is C26H38BBrN2O7. The summed E-state index contributed by atoms with van der Waals surface area (Å²) in [7, 11) is -0.393. The number of nitro benzene ring substituents is 1. The molecule has 1 aromatic rings. The molecular weight excluding hydrogens is 543 g/mol. The van der Waals surface area contributed by atoms with Crippen molar-refractivity contribution in [1.82, 2.24) is 4.90 Å². The van der Waals surface area contributed by atoms with Gasteiger partial charge < -0.3 is 23.7 Å². The van der Waals surface area contributed by atoms with Gasteiger partial charge in [-0.1, -0.05) is 22.0 Å². The van der Waals surface area contributed by atoms with Crippen LogP contribution in [-0.2, 0) is 14.0 Å². The molecule has 0 radical (unpaired) electrons. The fourth-order valence-electron chi connectivity index (χ4n) is 3.67.